The third kappa shape index (κ3) is 4.53. The molecule has 0 heterocycles. The fourth-order valence-corrected chi connectivity index (χ4v) is 6.37. The number of hydrogen-bond acceptors (Lipinski definition) is 2. The highest BCUT2D eigenvalue weighted by Gasteiger charge is 2.44. The van der Waals surface area contributed by atoms with Crippen molar-refractivity contribution in [3.63, 3.8) is 0 Å². The van der Waals surface area contributed by atoms with E-state index in [4.69, 9.17) is 0 Å². The van der Waals surface area contributed by atoms with Gasteiger partial charge in [0, 0.05) is 0 Å². The molecule has 2 heteroatoms. The van der Waals surface area contributed by atoms with E-state index in [9.17, 15) is 10.5 Å². The van der Waals surface area contributed by atoms with Gasteiger partial charge in [0.15, 0.2) is 0 Å². The Labute approximate surface area is 178 Å². The summed E-state index contributed by atoms with van der Waals surface area (Å²) < 4.78 is 0. The van der Waals surface area contributed by atoms with Gasteiger partial charge < -0.3 is 0 Å². The highest BCUT2D eigenvalue weighted by molar-refractivity contribution is 5.57. The van der Waals surface area contributed by atoms with Gasteiger partial charge in [-0.2, -0.15) is 10.5 Å². The largest absolute Gasteiger partial charge is 0.192 e. The normalized spacial score (nSPS) is 23.9. The molecule has 2 saturated carbocycles. The third-order valence-corrected chi connectivity index (χ3v) is 8.02. The second-order valence-electron chi connectivity index (χ2n) is 9.53. The Bertz CT molecular complexity index is 750. The molecule has 0 saturated heterocycles. The van der Waals surface area contributed by atoms with Crippen molar-refractivity contribution in [2.75, 3.05) is 0 Å². The second kappa shape index (κ2) is 10.3. The number of hydrogen-bond donors (Lipinski definition) is 0. The summed E-state index contributed by atoms with van der Waals surface area (Å²) in [6, 6.07) is 9.22. The summed E-state index contributed by atoms with van der Waals surface area (Å²) in [5, 5.41) is 19.9. The van der Waals surface area contributed by atoms with Gasteiger partial charge in [0.2, 0.25) is 0 Å². The van der Waals surface area contributed by atoms with Crippen molar-refractivity contribution in [1.29, 1.82) is 10.5 Å². The molecular formula is C27H38N2. The Balaban J connectivity index is 1.90. The minimum Gasteiger partial charge on any atom is -0.192 e. The van der Waals surface area contributed by atoms with E-state index in [0.717, 1.165) is 17.9 Å². The van der Waals surface area contributed by atoms with Crippen LogP contribution < -0.4 is 0 Å². The molecule has 2 nitrogen and oxygen atoms in total. The summed E-state index contributed by atoms with van der Waals surface area (Å²) >= 11 is 0. The van der Waals surface area contributed by atoms with E-state index >= 15 is 0 Å². The highest BCUT2D eigenvalue weighted by Crippen LogP contribution is 2.52. The summed E-state index contributed by atoms with van der Waals surface area (Å²) in [6.07, 6.45) is 17.8. The number of rotatable bonds is 7. The number of nitrogens with zero attached hydrogens (tertiary/aromatic N) is 2. The van der Waals surface area contributed by atoms with Gasteiger partial charge in [0.1, 0.15) is 12.1 Å². The first-order valence-corrected chi connectivity index (χ1v) is 12.2. The van der Waals surface area contributed by atoms with Crippen LogP contribution in [-0.2, 0) is 11.8 Å². The minimum atomic E-state index is 0.121. The molecule has 0 atom stereocenters. The lowest BCUT2D eigenvalue weighted by Gasteiger charge is -2.47. The lowest BCUT2D eigenvalue weighted by molar-refractivity contribution is 0.124. The van der Waals surface area contributed by atoms with Gasteiger partial charge in [0.25, 0.3) is 0 Å². The quantitative estimate of drug-likeness (QED) is 0.450. The first-order chi connectivity index (χ1) is 14.2. The van der Waals surface area contributed by atoms with Gasteiger partial charge in [-0.1, -0.05) is 83.8 Å². The molecule has 156 valence electrons. The Hall–Kier alpha value is -1.80. The predicted molar refractivity (Wildman–Crippen MR) is 120 cm³/mol. The fourth-order valence-electron chi connectivity index (χ4n) is 6.37. The lowest BCUT2D eigenvalue weighted by atomic mass is 9.56. The van der Waals surface area contributed by atoms with Gasteiger partial charge in [0.05, 0.1) is 11.1 Å². The molecule has 0 aliphatic heterocycles. The molecule has 0 unspecified atom stereocenters. The van der Waals surface area contributed by atoms with Gasteiger partial charge in [-0.25, -0.2) is 0 Å². The van der Waals surface area contributed by atoms with E-state index in [1.807, 2.05) is 0 Å². The number of benzene rings is 1. The molecule has 0 aromatic heterocycles. The van der Waals surface area contributed by atoms with Crippen LogP contribution in [0.2, 0.25) is 0 Å². The maximum Gasteiger partial charge on any atom is 0.101 e. The third-order valence-electron chi connectivity index (χ3n) is 8.02. The second-order valence-corrected chi connectivity index (χ2v) is 9.53. The molecule has 0 bridgehead atoms. The van der Waals surface area contributed by atoms with Gasteiger partial charge in [-0.05, 0) is 60.5 Å². The molecule has 1 aromatic rings. The van der Waals surface area contributed by atoms with Crippen molar-refractivity contribution >= 4 is 0 Å². The molecule has 0 spiro atoms. The Kier molecular flexibility index (Phi) is 7.77. The van der Waals surface area contributed by atoms with Crippen LogP contribution in [0.4, 0.5) is 0 Å². The van der Waals surface area contributed by atoms with E-state index in [2.05, 4.69) is 38.1 Å². The van der Waals surface area contributed by atoms with Crippen LogP contribution >= 0.6 is 0 Å². The zero-order valence-corrected chi connectivity index (χ0v) is 18.6. The number of unbranched alkanes of at least 4 members (excludes halogenated alkanes) is 2. The molecule has 1 aromatic carbocycles. The summed E-state index contributed by atoms with van der Waals surface area (Å²) in [4.78, 5) is 0. The van der Waals surface area contributed by atoms with E-state index in [0.29, 0.717) is 17.0 Å². The molecule has 0 N–H and O–H groups in total. The van der Waals surface area contributed by atoms with Gasteiger partial charge in [-0.3, -0.25) is 0 Å². The van der Waals surface area contributed by atoms with E-state index in [1.165, 1.54) is 89.0 Å². The highest BCUT2D eigenvalue weighted by atomic mass is 14.5. The van der Waals surface area contributed by atoms with Crippen LogP contribution in [-0.4, -0.2) is 0 Å². The van der Waals surface area contributed by atoms with Crippen molar-refractivity contribution < 1.29 is 0 Å². The summed E-state index contributed by atoms with van der Waals surface area (Å²) in [7, 11) is 0. The van der Waals surface area contributed by atoms with Crippen molar-refractivity contribution in [3.8, 4) is 12.1 Å². The number of aryl methyl sites for hydroxylation is 1. The summed E-state index contributed by atoms with van der Waals surface area (Å²) in [5.74, 6) is 1.59. The first kappa shape index (κ1) is 21.9. The average molecular weight is 391 g/mol. The molecule has 0 radical (unpaired) electrons. The zero-order valence-electron chi connectivity index (χ0n) is 18.6. The van der Waals surface area contributed by atoms with Crippen LogP contribution in [0.1, 0.15) is 120 Å². The van der Waals surface area contributed by atoms with Crippen LogP contribution in [0.25, 0.3) is 0 Å². The smallest absolute Gasteiger partial charge is 0.101 e. The van der Waals surface area contributed by atoms with Crippen molar-refractivity contribution in [2.45, 2.75) is 109 Å². The Morgan fingerprint density at radius 2 is 1.59 bits per heavy atom. The zero-order chi connectivity index (χ0) is 20.7. The monoisotopic (exact) mass is 390 g/mol. The van der Waals surface area contributed by atoms with Crippen molar-refractivity contribution in [1.82, 2.24) is 0 Å². The first-order valence-electron chi connectivity index (χ1n) is 12.2. The average Bonchev–Trinajstić information content (AvgIpc) is 2.79. The maximum atomic E-state index is 10.1. The van der Waals surface area contributed by atoms with Gasteiger partial charge in [-0.15, -0.1) is 0 Å². The summed E-state index contributed by atoms with van der Waals surface area (Å²) in [5.41, 5.74) is 3.70. The molecule has 29 heavy (non-hydrogen) atoms. The fraction of sp³-hybridized carbons (Fsp3) is 0.704. The van der Waals surface area contributed by atoms with Crippen LogP contribution in [0.15, 0.2) is 12.1 Å². The Morgan fingerprint density at radius 3 is 2.17 bits per heavy atom. The molecule has 3 rings (SSSR count). The molecule has 2 aliphatic carbocycles. The van der Waals surface area contributed by atoms with E-state index in [-0.39, 0.29) is 5.41 Å². The van der Waals surface area contributed by atoms with E-state index in [1.54, 1.807) is 0 Å². The topological polar surface area (TPSA) is 47.6 Å². The van der Waals surface area contributed by atoms with Crippen LogP contribution in [0.5, 0.6) is 0 Å². The predicted octanol–water partition coefficient (Wildman–Crippen LogP) is 7.58. The van der Waals surface area contributed by atoms with Crippen LogP contribution in [0.3, 0.4) is 0 Å². The van der Waals surface area contributed by atoms with Crippen molar-refractivity contribution in [3.05, 3.63) is 34.4 Å². The number of nitriles is 2. The van der Waals surface area contributed by atoms with E-state index < -0.39 is 0 Å². The van der Waals surface area contributed by atoms with Crippen molar-refractivity contribution in [2.24, 2.45) is 11.8 Å². The molecule has 0 amide bonds. The minimum absolute atomic E-state index is 0.121. The van der Waals surface area contributed by atoms with Gasteiger partial charge >= 0.3 is 0 Å². The van der Waals surface area contributed by atoms with Crippen LogP contribution in [0, 0.1) is 34.5 Å². The lowest BCUT2D eigenvalue weighted by Crippen LogP contribution is -2.40. The summed E-state index contributed by atoms with van der Waals surface area (Å²) in [6.45, 7) is 4.36. The maximum absolute atomic E-state index is 10.1. The molecule has 2 aliphatic rings. The molecule has 2 fully saturated rings. The Morgan fingerprint density at radius 1 is 0.897 bits per heavy atom. The standard InChI is InChI=1S/C27H38N2/c1-3-5-7-10-21-11-14-23(15-12-21)27(17-8-6-9-18-27)26-16-13-22(4-2)24(19-28)25(26)20-29/h13,16,21,23H,3-12,14-15,17-18H2,1-2H3/t21-,23-. The molecular weight excluding hydrogens is 352 g/mol. The SMILES string of the molecule is CCCCC[C@H]1CC[C@H](C2(c3ccc(CC)c(C#N)c3C#N)CCCCC2)CC1.